The van der Waals surface area contributed by atoms with E-state index in [1.54, 1.807) is 0 Å². The predicted octanol–water partition coefficient (Wildman–Crippen LogP) is 15.2. The Morgan fingerprint density at radius 3 is 1.66 bits per heavy atom. The number of fused-ring (bicyclic) bond motifs is 11. The third kappa shape index (κ3) is 4.32. The van der Waals surface area contributed by atoms with Gasteiger partial charge in [-0.1, -0.05) is 164 Å². The molecule has 0 aliphatic heterocycles. The van der Waals surface area contributed by atoms with Gasteiger partial charge in [-0.25, -0.2) is 0 Å². The highest BCUT2D eigenvalue weighted by atomic mass is 15.0. The van der Waals surface area contributed by atoms with Crippen molar-refractivity contribution >= 4 is 65.2 Å². The van der Waals surface area contributed by atoms with Crippen LogP contribution in [0.2, 0.25) is 0 Å². The van der Waals surface area contributed by atoms with Gasteiger partial charge in [0.1, 0.15) is 0 Å². The second kappa shape index (κ2) is 11.9. The lowest BCUT2D eigenvalue weighted by molar-refractivity contribution is 1.18. The van der Waals surface area contributed by atoms with E-state index in [4.69, 9.17) is 0 Å². The summed E-state index contributed by atoms with van der Waals surface area (Å²) in [5.41, 5.74) is 17.4. The van der Waals surface area contributed by atoms with Gasteiger partial charge in [0.2, 0.25) is 0 Å². The van der Waals surface area contributed by atoms with Crippen LogP contribution in [0.4, 0.5) is 0 Å². The topological polar surface area (TPSA) is 9.86 Å². The van der Waals surface area contributed by atoms with Crippen LogP contribution in [-0.2, 0) is 0 Å². The molecular formula is C56H34N2. The number of para-hydroxylation sites is 2. The molecule has 58 heavy (non-hydrogen) atoms. The summed E-state index contributed by atoms with van der Waals surface area (Å²) in [5, 5.41) is 10.1. The summed E-state index contributed by atoms with van der Waals surface area (Å²) in [6, 6.07) is 76.2. The van der Waals surface area contributed by atoms with Crippen molar-refractivity contribution in [3.05, 3.63) is 206 Å². The second-order valence-electron chi connectivity index (χ2n) is 15.6. The van der Waals surface area contributed by atoms with Gasteiger partial charge in [0.25, 0.3) is 0 Å². The minimum atomic E-state index is 1.18. The fraction of sp³-hybridized carbons (Fsp3) is 0. The summed E-state index contributed by atoms with van der Waals surface area (Å²) >= 11 is 0. The lowest BCUT2D eigenvalue weighted by Crippen LogP contribution is -1.97. The Kier molecular flexibility index (Phi) is 6.47. The summed E-state index contributed by atoms with van der Waals surface area (Å²) in [7, 11) is 0. The molecule has 0 saturated heterocycles. The van der Waals surface area contributed by atoms with Crippen LogP contribution in [0, 0.1) is 0 Å². The fourth-order valence-electron chi connectivity index (χ4n) is 10.1. The Balaban J connectivity index is 1.04. The van der Waals surface area contributed by atoms with E-state index in [1.165, 1.54) is 121 Å². The molecule has 12 aromatic rings. The molecule has 1 aliphatic rings. The Morgan fingerprint density at radius 2 is 0.845 bits per heavy atom. The van der Waals surface area contributed by atoms with E-state index < -0.39 is 0 Å². The van der Waals surface area contributed by atoms with Gasteiger partial charge in [0.15, 0.2) is 0 Å². The zero-order chi connectivity index (χ0) is 37.9. The van der Waals surface area contributed by atoms with Crippen molar-refractivity contribution in [1.29, 1.82) is 0 Å². The molecule has 13 rings (SSSR count). The maximum absolute atomic E-state index is 2.53. The zero-order valence-electron chi connectivity index (χ0n) is 31.5. The third-order valence-corrected chi connectivity index (χ3v) is 12.7. The standard InChI is InChI=1S/C56H34N2/c1-2-13-35(14-3-1)39-16-8-10-23-50(39)57-51-24-11-9-20-43(51)48-33-37(26-30-53(48)57)38-27-31-54-49(34-38)46-28-25-36-15-4-5-17-40(36)56(46)58(54)52-32-29-45-42-19-7-6-18-41(42)44-21-12-22-47(52)55(44)45/h1-34H. The Morgan fingerprint density at radius 1 is 0.259 bits per heavy atom. The molecule has 0 fully saturated rings. The summed E-state index contributed by atoms with van der Waals surface area (Å²) in [6.07, 6.45) is 0. The van der Waals surface area contributed by atoms with Gasteiger partial charge in [-0.15, -0.1) is 0 Å². The average molecular weight is 735 g/mol. The van der Waals surface area contributed by atoms with E-state index >= 15 is 0 Å². The molecule has 0 N–H and O–H groups in total. The lowest BCUT2D eigenvalue weighted by atomic mass is 10.00. The summed E-state index contributed by atoms with van der Waals surface area (Å²) in [6.45, 7) is 0. The highest BCUT2D eigenvalue weighted by Crippen LogP contribution is 2.50. The maximum Gasteiger partial charge on any atom is 0.0619 e. The van der Waals surface area contributed by atoms with Gasteiger partial charge in [0, 0.05) is 37.9 Å². The van der Waals surface area contributed by atoms with E-state index in [0.29, 0.717) is 0 Å². The normalized spacial score (nSPS) is 12.1. The molecule has 0 saturated carbocycles. The Bertz CT molecular complexity index is 3650. The van der Waals surface area contributed by atoms with E-state index in [0.717, 1.165) is 0 Å². The van der Waals surface area contributed by atoms with E-state index in [-0.39, 0.29) is 0 Å². The third-order valence-electron chi connectivity index (χ3n) is 12.7. The molecule has 2 aromatic heterocycles. The van der Waals surface area contributed by atoms with Gasteiger partial charge >= 0.3 is 0 Å². The Labute approximate surface area is 335 Å². The molecule has 0 spiro atoms. The number of rotatable bonds is 4. The molecule has 1 aliphatic carbocycles. The molecule has 0 amide bonds. The van der Waals surface area contributed by atoms with Crippen molar-refractivity contribution in [3.63, 3.8) is 0 Å². The summed E-state index contributed by atoms with van der Waals surface area (Å²) in [4.78, 5) is 0. The largest absolute Gasteiger partial charge is 0.309 e. The number of nitrogens with zero attached hydrogens (tertiary/aromatic N) is 2. The minimum absolute atomic E-state index is 1.18. The molecule has 0 radical (unpaired) electrons. The van der Waals surface area contributed by atoms with Crippen LogP contribution in [0.5, 0.6) is 0 Å². The van der Waals surface area contributed by atoms with Crippen LogP contribution < -0.4 is 0 Å². The van der Waals surface area contributed by atoms with Gasteiger partial charge in [-0.3, -0.25) is 0 Å². The first-order chi connectivity index (χ1) is 28.8. The predicted molar refractivity (Wildman–Crippen MR) is 245 cm³/mol. The first-order valence-electron chi connectivity index (χ1n) is 20.1. The van der Waals surface area contributed by atoms with Gasteiger partial charge < -0.3 is 9.13 Å². The second-order valence-corrected chi connectivity index (χ2v) is 15.6. The van der Waals surface area contributed by atoms with Crippen LogP contribution in [0.1, 0.15) is 0 Å². The fourth-order valence-corrected chi connectivity index (χ4v) is 10.1. The van der Waals surface area contributed by atoms with Gasteiger partial charge in [-0.05, 0) is 92.2 Å². The smallest absolute Gasteiger partial charge is 0.0619 e. The lowest BCUT2D eigenvalue weighted by Gasteiger charge is -2.15. The highest BCUT2D eigenvalue weighted by molar-refractivity contribution is 6.22. The van der Waals surface area contributed by atoms with Crippen molar-refractivity contribution in [3.8, 4) is 55.9 Å². The molecule has 268 valence electrons. The molecule has 2 heterocycles. The van der Waals surface area contributed by atoms with Gasteiger partial charge in [0.05, 0.1) is 33.4 Å². The number of hydrogen-bond donors (Lipinski definition) is 0. The van der Waals surface area contributed by atoms with Crippen LogP contribution in [0.15, 0.2) is 206 Å². The van der Waals surface area contributed by atoms with E-state index in [2.05, 4.69) is 215 Å². The van der Waals surface area contributed by atoms with Crippen molar-refractivity contribution < 1.29 is 0 Å². The van der Waals surface area contributed by atoms with Crippen LogP contribution in [0.25, 0.3) is 121 Å². The van der Waals surface area contributed by atoms with Crippen LogP contribution in [-0.4, -0.2) is 9.13 Å². The highest BCUT2D eigenvalue weighted by Gasteiger charge is 2.25. The maximum atomic E-state index is 2.53. The first-order valence-corrected chi connectivity index (χ1v) is 20.1. The summed E-state index contributed by atoms with van der Waals surface area (Å²) in [5.74, 6) is 0. The number of benzene rings is 10. The van der Waals surface area contributed by atoms with Crippen LogP contribution in [0.3, 0.4) is 0 Å². The monoisotopic (exact) mass is 734 g/mol. The first kappa shape index (κ1) is 31.5. The molecule has 2 nitrogen and oxygen atoms in total. The summed E-state index contributed by atoms with van der Waals surface area (Å²) < 4.78 is 4.97. The van der Waals surface area contributed by atoms with Crippen LogP contribution >= 0.6 is 0 Å². The van der Waals surface area contributed by atoms with Crippen molar-refractivity contribution in [2.24, 2.45) is 0 Å². The number of hydrogen-bond acceptors (Lipinski definition) is 0. The van der Waals surface area contributed by atoms with Crippen molar-refractivity contribution in [2.45, 2.75) is 0 Å². The molecule has 10 aromatic carbocycles. The molecule has 0 bridgehead atoms. The van der Waals surface area contributed by atoms with Crippen molar-refractivity contribution in [1.82, 2.24) is 9.13 Å². The quantitative estimate of drug-likeness (QED) is 0.170. The van der Waals surface area contributed by atoms with E-state index in [9.17, 15) is 0 Å². The SMILES string of the molecule is c1ccc(-c2ccccc2-n2c3ccccc3c3cc(-c4ccc5c(c4)c4ccc6ccccc6c4n5-c4ccc5c6c(cccc46)-c4ccccc4-5)ccc32)cc1. The molecule has 2 heteroatoms. The molecule has 0 atom stereocenters. The number of aromatic nitrogens is 2. The molecule has 0 unspecified atom stereocenters. The van der Waals surface area contributed by atoms with Gasteiger partial charge in [-0.2, -0.15) is 0 Å². The minimum Gasteiger partial charge on any atom is -0.309 e. The molecular weight excluding hydrogens is 701 g/mol. The van der Waals surface area contributed by atoms with Crippen molar-refractivity contribution in [2.75, 3.05) is 0 Å². The zero-order valence-corrected chi connectivity index (χ0v) is 31.5. The van der Waals surface area contributed by atoms with E-state index in [1.807, 2.05) is 0 Å². The Hall–Kier alpha value is -7.68. The average Bonchev–Trinajstić information content (AvgIpc) is 3.93.